The van der Waals surface area contributed by atoms with E-state index in [0.29, 0.717) is 0 Å². The summed E-state index contributed by atoms with van der Waals surface area (Å²) in [5.74, 6) is 0. The number of benzene rings is 2. The third-order valence-corrected chi connectivity index (χ3v) is 5.10. The van der Waals surface area contributed by atoms with Crippen LogP contribution in [0.4, 0.5) is 0 Å². The molecule has 2 aliphatic carbocycles. The van der Waals surface area contributed by atoms with Crippen LogP contribution in [0, 0.1) is 0 Å². The quantitative estimate of drug-likeness (QED) is 0.556. The van der Waals surface area contributed by atoms with E-state index < -0.39 is 0 Å². The summed E-state index contributed by atoms with van der Waals surface area (Å²) in [5, 5.41) is 0. The number of fused-ring (bicyclic) bond motifs is 3. The number of hydrogen-bond acceptors (Lipinski definition) is 0. The molecule has 0 radical (unpaired) electrons. The van der Waals surface area contributed by atoms with Crippen molar-refractivity contribution in [2.24, 2.45) is 0 Å². The van der Waals surface area contributed by atoms with Crippen molar-refractivity contribution in [3.05, 3.63) is 64.7 Å². The van der Waals surface area contributed by atoms with Gasteiger partial charge in [-0.05, 0) is 77.5 Å². The summed E-state index contributed by atoms with van der Waals surface area (Å²) in [5.41, 5.74) is 10.7. The summed E-state index contributed by atoms with van der Waals surface area (Å²) in [7, 11) is 0. The van der Waals surface area contributed by atoms with Crippen molar-refractivity contribution in [1.82, 2.24) is 0 Å². The van der Waals surface area contributed by atoms with Crippen LogP contribution in [0.2, 0.25) is 0 Å². The molecule has 0 fully saturated rings. The van der Waals surface area contributed by atoms with E-state index in [1.54, 1.807) is 16.7 Å². The van der Waals surface area contributed by atoms with E-state index in [1.165, 1.54) is 47.9 Å². The topological polar surface area (TPSA) is 0 Å². The van der Waals surface area contributed by atoms with Gasteiger partial charge in [-0.15, -0.1) is 0 Å². The summed E-state index contributed by atoms with van der Waals surface area (Å²) in [6.45, 7) is 2.31. The molecule has 106 valence electrons. The zero-order valence-electron chi connectivity index (χ0n) is 12.8. The fraction of sp³-hybridized carbons (Fsp3) is 0.333. The van der Waals surface area contributed by atoms with Crippen molar-refractivity contribution in [1.29, 1.82) is 0 Å². The molecule has 0 heterocycles. The lowest BCUT2D eigenvalue weighted by atomic mass is 9.86. The standard InChI is InChI=1S/C21H22/c1-2-17-19(15-8-4-3-5-9-15)12-13-20-18-11-7-6-10-16(18)14-21(17)20/h6-8,10-13H,2-5,9,14H2,1H3. The Morgan fingerprint density at radius 2 is 1.76 bits per heavy atom. The van der Waals surface area contributed by atoms with Gasteiger partial charge in [-0.3, -0.25) is 0 Å². The summed E-state index contributed by atoms with van der Waals surface area (Å²) in [4.78, 5) is 0. The fourth-order valence-electron chi connectivity index (χ4n) is 4.06. The van der Waals surface area contributed by atoms with Crippen molar-refractivity contribution >= 4 is 5.57 Å². The predicted molar refractivity (Wildman–Crippen MR) is 90.5 cm³/mol. The van der Waals surface area contributed by atoms with Gasteiger partial charge in [0.15, 0.2) is 0 Å². The van der Waals surface area contributed by atoms with Gasteiger partial charge in [0, 0.05) is 0 Å². The Balaban J connectivity index is 1.87. The maximum atomic E-state index is 2.48. The van der Waals surface area contributed by atoms with Crippen molar-refractivity contribution in [2.75, 3.05) is 0 Å². The first-order chi connectivity index (χ1) is 10.4. The van der Waals surface area contributed by atoms with Crippen LogP contribution in [-0.4, -0.2) is 0 Å². The Bertz CT molecular complexity index is 719. The SMILES string of the molecule is CCc1c(C2=CCCCC2)ccc2c1Cc1ccccc1-2. The van der Waals surface area contributed by atoms with Gasteiger partial charge in [0.2, 0.25) is 0 Å². The molecule has 2 aromatic rings. The second-order valence-electron chi connectivity index (χ2n) is 6.28. The van der Waals surface area contributed by atoms with E-state index in [2.05, 4.69) is 49.4 Å². The minimum Gasteiger partial charge on any atom is -0.0807 e. The normalized spacial score (nSPS) is 16.3. The Kier molecular flexibility index (Phi) is 3.18. The molecular formula is C21H22. The number of hydrogen-bond donors (Lipinski definition) is 0. The maximum absolute atomic E-state index is 2.48. The second-order valence-corrected chi connectivity index (χ2v) is 6.28. The van der Waals surface area contributed by atoms with Crippen molar-refractivity contribution in [2.45, 2.75) is 45.4 Å². The van der Waals surface area contributed by atoms with E-state index in [9.17, 15) is 0 Å². The number of allylic oxidation sites excluding steroid dienone is 2. The molecule has 0 unspecified atom stereocenters. The summed E-state index contributed by atoms with van der Waals surface area (Å²) in [6.07, 6.45) is 9.98. The first-order valence-electron chi connectivity index (χ1n) is 8.31. The number of rotatable bonds is 2. The lowest BCUT2D eigenvalue weighted by Gasteiger charge is -2.19. The van der Waals surface area contributed by atoms with Crippen LogP contribution in [0.25, 0.3) is 16.7 Å². The molecule has 0 atom stereocenters. The first-order valence-corrected chi connectivity index (χ1v) is 8.31. The molecule has 0 N–H and O–H groups in total. The van der Waals surface area contributed by atoms with E-state index in [-0.39, 0.29) is 0 Å². The molecule has 21 heavy (non-hydrogen) atoms. The predicted octanol–water partition coefficient (Wildman–Crippen LogP) is 5.78. The molecule has 0 heteroatoms. The average Bonchev–Trinajstić information content (AvgIpc) is 2.93. The van der Waals surface area contributed by atoms with E-state index in [4.69, 9.17) is 0 Å². The molecule has 0 bridgehead atoms. The third kappa shape index (κ3) is 2.05. The van der Waals surface area contributed by atoms with Crippen molar-refractivity contribution in [3.63, 3.8) is 0 Å². The molecule has 4 rings (SSSR count). The van der Waals surface area contributed by atoms with Gasteiger partial charge in [-0.2, -0.15) is 0 Å². The molecule has 0 saturated carbocycles. The third-order valence-electron chi connectivity index (χ3n) is 5.10. The van der Waals surface area contributed by atoms with Crippen LogP contribution in [0.3, 0.4) is 0 Å². The average molecular weight is 274 g/mol. The second kappa shape index (κ2) is 5.18. The molecular weight excluding hydrogens is 252 g/mol. The summed E-state index contributed by atoms with van der Waals surface area (Å²) in [6, 6.07) is 13.6. The van der Waals surface area contributed by atoms with Gasteiger partial charge in [-0.25, -0.2) is 0 Å². The minimum atomic E-state index is 1.12. The van der Waals surface area contributed by atoms with Crippen molar-refractivity contribution < 1.29 is 0 Å². The minimum absolute atomic E-state index is 1.12. The van der Waals surface area contributed by atoms with Gasteiger partial charge in [-0.1, -0.05) is 49.4 Å². The van der Waals surface area contributed by atoms with Crippen LogP contribution < -0.4 is 0 Å². The highest BCUT2D eigenvalue weighted by Crippen LogP contribution is 2.41. The molecule has 2 aliphatic rings. The summed E-state index contributed by atoms with van der Waals surface area (Å²) < 4.78 is 0. The lowest BCUT2D eigenvalue weighted by molar-refractivity contribution is 0.741. The molecule has 0 nitrogen and oxygen atoms in total. The largest absolute Gasteiger partial charge is 0.0807 e. The van der Waals surface area contributed by atoms with Gasteiger partial charge in [0.1, 0.15) is 0 Å². The lowest BCUT2D eigenvalue weighted by Crippen LogP contribution is -2.00. The first kappa shape index (κ1) is 12.9. The van der Waals surface area contributed by atoms with Gasteiger partial charge < -0.3 is 0 Å². The van der Waals surface area contributed by atoms with E-state index in [0.717, 1.165) is 12.8 Å². The van der Waals surface area contributed by atoms with Crippen LogP contribution in [0.1, 0.15) is 54.9 Å². The highest BCUT2D eigenvalue weighted by molar-refractivity contribution is 5.82. The molecule has 0 saturated heterocycles. The molecule has 2 aromatic carbocycles. The van der Waals surface area contributed by atoms with Gasteiger partial charge in [0.25, 0.3) is 0 Å². The Morgan fingerprint density at radius 1 is 0.905 bits per heavy atom. The smallest absolute Gasteiger partial charge is 0.00105 e. The van der Waals surface area contributed by atoms with Crippen LogP contribution in [0.5, 0.6) is 0 Å². The van der Waals surface area contributed by atoms with Gasteiger partial charge in [0.05, 0.1) is 0 Å². The fourth-order valence-corrected chi connectivity index (χ4v) is 4.06. The zero-order valence-corrected chi connectivity index (χ0v) is 12.8. The maximum Gasteiger partial charge on any atom is -0.00105 e. The van der Waals surface area contributed by atoms with Gasteiger partial charge >= 0.3 is 0 Å². The monoisotopic (exact) mass is 274 g/mol. The van der Waals surface area contributed by atoms with Crippen molar-refractivity contribution in [3.8, 4) is 11.1 Å². The zero-order chi connectivity index (χ0) is 14.2. The Morgan fingerprint density at radius 3 is 2.57 bits per heavy atom. The summed E-state index contributed by atoms with van der Waals surface area (Å²) >= 11 is 0. The highest BCUT2D eigenvalue weighted by Gasteiger charge is 2.23. The van der Waals surface area contributed by atoms with E-state index in [1.807, 2.05) is 0 Å². The molecule has 0 aromatic heterocycles. The van der Waals surface area contributed by atoms with E-state index >= 15 is 0 Å². The van der Waals surface area contributed by atoms with Crippen LogP contribution in [0.15, 0.2) is 42.5 Å². The molecule has 0 spiro atoms. The van der Waals surface area contributed by atoms with Crippen LogP contribution in [-0.2, 0) is 12.8 Å². The Labute approximate surface area is 127 Å². The highest BCUT2D eigenvalue weighted by atomic mass is 14.3. The Hall–Kier alpha value is -1.82. The molecule has 0 amide bonds. The molecule has 0 aliphatic heterocycles. The van der Waals surface area contributed by atoms with Crippen LogP contribution >= 0.6 is 0 Å².